The van der Waals surface area contributed by atoms with Crippen LogP contribution < -0.4 is 9.80 Å². The first-order valence-electron chi connectivity index (χ1n) is 8.14. The molecule has 4 rings (SSSR count). The van der Waals surface area contributed by atoms with Crippen molar-refractivity contribution in [3.63, 3.8) is 0 Å². The van der Waals surface area contributed by atoms with Crippen LogP contribution in [0.3, 0.4) is 0 Å². The minimum absolute atomic E-state index is 0.481. The molecule has 0 atom stereocenters. The summed E-state index contributed by atoms with van der Waals surface area (Å²) in [4.78, 5) is 13.1. The molecular formula is C16H20N8. The Labute approximate surface area is 140 Å². The highest BCUT2D eigenvalue weighted by atomic mass is 15.4. The van der Waals surface area contributed by atoms with Gasteiger partial charge in [0.2, 0.25) is 0 Å². The first-order chi connectivity index (χ1) is 11.7. The zero-order valence-electron chi connectivity index (χ0n) is 13.9. The van der Waals surface area contributed by atoms with Crippen LogP contribution in [-0.4, -0.2) is 56.0 Å². The standard InChI is InChI=1S/C16H20N8/c1-12-9-16(18-10-17-12)22(2)13-5-7-23(8-6-13)15-4-3-14-20-19-11-24(14)21-15/h3-4,9-11,13H,5-8H2,1-2H3. The molecule has 0 N–H and O–H groups in total. The molecule has 0 bridgehead atoms. The van der Waals surface area contributed by atoms with E-state index >= 15 is 0 Å². The van der Waals surface area contributed by atoms with Crippen LogP contribution >= 0.6 is 0 Å². The first-order valence-corrected chi connectivity index (χ1v) is 8.14. The van der Waals surface area contributed by atoms with Crippen LogP contribution in [0.5, 0.6) is 0 Å². The molecule has 3 aromatic rings. The molecule has 1 aliphatic heterocycles. The second-order valence-corrected chi connectivity index (χ2v) is 6.17. The van der Waals surface area contributed by atoms with Crippen LogP contribution in [0.1, 0.15) is 18.5 Å². The van der Waals surface area contributed by atoms with E-state index < -0.39 is 0 Å². The second-order valence-electron chi connectivity index (χ2n) is 6.17. The Morgan fingerprint density at radius 1 is 1.17 bits per heavy atom. The van der Waals surface area contributed by atoms with Crippen LogP contribution in [0.4, 0.5) is 11.6 Å². The molecule has 0 aromatic carbocycles. The fourth-order valence-electron chi connectivity index (χ4n) is 3.19. The predicted octanol–water partition coefficient (Wildman–Crippen LogP) is 1.33. The molecule has 3 aromatic heterocycles. The van der Waals surface area contributed by atoms with Crippen molar-refractivity contribution >= 4 is 17.3 Å². The van der Waals surface area contributed by atoms with Crippen LogP contribution in [-0.2, 0) is 0 Å². The Balaban J connectivity index is 1.44. The van der Waals surface area contributed by atoms with Crippen molar-refractivity contribution in [3.05, 3.63) is 36.5 Å². The smallest absolute Gasteiger partial charge is 0.177 e. The normalized spacial score (nSPS) is 15.8. The molecule has 24 heavy (non-hydrogen) atoms. The highest BCUT2D eigenvalue weighted by Gasteiger charge is 2.24. The van der Waals surface area contributed by atoms with Crippen LogP contribution in [0.25, 0.3) is 5.65 Å². The summed E-state index contributed by atoms with van der Waals surface area (Å²) in [5.74, 6) is 1.96. The maximum Gasteiger partial charge on any atom is 0.177 e. The number of nitrogens with zero attached hydrogens (tertiary/aromatic N) is 8. The van der Waals surface area contributed by atoms with E-state index in [2.05, 4.69) is 42.1 Å². The van der Waals surface area contributed by atoms with Crippen molar-refractivity contribution < 1.29 is 0 Å². The van der Waals surface area contributed by atoms with Gasteiger partial charge in [0.25, 0.3) is 0 Å². The molecule has 124 valence electrons. The fraction of sp³-hybridized carbons (Fsp3) is 0.438. The van der Waals surface area contributed by atoms with Crippen molar-refractivity contribution in [1.29, 1.82) is 0 Å². The molecule has 8 nitrogen and oxygen atoms in total. The summed E-state index contributed by atoms with van der Waals surface area (Å²) in [6, 6.07) is 6.49. The molecule has 4 heterocycles. The number of fused-ring (bicyclic) bond motifs is 1. The van der Waals surface area contributed by atoms with E-state index in [0.29, 0.717) is 6.04 Å². The largest absolute Gasteiger partial charge is 0.356 e. The highest BCUT2D eigenvalue weighted by Crippen LogP contribution is 2.23. The van der Waals surface area contributed by atoms with Gasteiger partial charge >= 0.3 is 0 Å². The van der Waals surface area contributed by atoms with E-state index in [4.69, 9.17) is 0 Å². The van der Waals surface area contributed by atoms with E-state index in [0.717, 1.165) is 48.9 Å². The molecule has 0 amide bonds. The Hall–Kier alpha value is -2.77. The second kappa shape index (κ2) is 6.03. The van der Waals surface area contributed by atoms with E-state index in [1.54, 1.807) is 17.2 Å². The third-order valence-corrected chi connectivity index (χ3v) is 4.63. The summed E-state index contributed by atoms with van der Waals surface area (Å²) < 4.78 is 1.72. The fourth-order valence-corrected chi connectivity index (χ4v) is 3.19. The van der Waals surface area contributed by atoms with Gasteiger partial charge in [-0.05, 0) is 31.9 Å². The van der Waals surface area contributed by atoms with Gasteiger partial charge in [-0.25, -0.2) is 9.97 Å². The molecule has 0 aliphatic carbocycles. The lowest BCUT2D eigenvalue weighted by atomic mass is 10.0. The first kappa shape index (κ1) is 14.8. The quantitative estimate of drug-likeness (QED) is 0.719. The van der Waals surface area contributed by atoms with Crippen LogP contribution in [0.15, 0.2) is 30.9 Å². The van der Waals surface area contributed by atoms with Gasteiger partial charge in [0.05, 0.1) is 0 Å². The molecule has 0 spiro atoms. The van der Waals surface area contributed by atoms with Gasteiger partial charge in [-0.3, -0.25) is 0 Å². The summed E-state index contributed by atoms with van der Waals surface area (Å²) in [7, 11) is 2.11. The van der Waals surface area contributed by atoms with E-state index in [-0.39, 0.29) is 0 Å². The molecule has 0 saturated carbocycles. The average Bonchev–Trinajstić information content (AvgIpc) is 3.09. The number of rotatable bonds is 3. The molecule has 0 unspecified atom stereocenters. The van der Waals surface area contributed by atoms with Crippen LogP contribution in [0, 0.1) is 6.92 Å². The van der Waals surface area contributed by atoms with E-state index in [1.807, 2.05) is 25.1 Å². The average molecular weight is 324 g/mol. The lowest BCUT2D eigenvalue weighted by molar-refractivity contribution is 0.476. The summed E-state index contributed by atoms with van der Waals surface area (Å²) in [6.07, 6.45) is 5.41. The summed E-state index contributed by atoms with van der Waals surface area (Å²) in [5.41, 5.74) is 1.77. The van der Waals surface area contributed by atoms with Gasteiger partial charge in [-0.1, -0.05) is 0 Å². The Bertz CT molecular complexity index is 837. The lowest BCUT2D eigenvalue weighted by Crippen LogP contribution is -2.44. The molecule has 1 saturated heterocycles. The monoisotopic (exact) mass is 324 g/mol. The number of aromatic nitrogens is 6. The lowest BCUT2D eigenvalue weighted by Gasteiger charge is -2.37. The number of piperidine rings is 1. The zero-order chi connectivity index (χ0) is 16.5. The predicted molar refractivity (Wildman–Crippen MR) is 91.2 cm³/mol. The van der Waals surface area contributed by atoms with Gasteiger partial charge in [0, 0.05) is 37.9 Å². The topological polar surface area (TPSA) is 75.3 Å². The summed E-state index contributed by atoms with van der Waals surface area (Å²) in [5, 5.41) is 12.5. The Morgan fingerprint density at radius 2 is 2.00 bits per heavy atom. The number of aryl methyl sites for hydroxylation is 1. The van der Waals surface area contributed by atoms with Crippen molar-refractivity contribution in [1.82, 2.24) is 29.8 Å². The Morgan fingerprint density at radius 3 is 2.79 bits per heavy atom. The van der Waals surface area contributed by atoms with Gasteiger partial charge in [0.15, 0.2) is 5.65 Å². The summed E-state index contributed by atoms with van der Waals surface area (Å²) >= 11 is 0. The van der Waals surface area contributed by atoms with E-state index in [9.17, 15) is 0 Å². The molecule has 1 aliphatic rings. The van der Waals surface area contributed by atoms with Gasteiger partial charge in [0.1, 0.15) is 24.3 Å². The van der Waals surface area contributed by atoms with Gasteiger partial charge in [-0.15, -0.1) is 15.3 Å². The zero-order valence-corrected chi connectivity index (χ0v) is 13.9. The third kappa shape index (κ3) is 2.75. The van der Waals surface area contributed by atoms with Crippen molar-refractivity contribution in [3.8, 4) is 0 Å². The molecule has 8 heteroatoms. The van der Waals surface area contributed by atoms with E-state index in [1.165, 1.54) is 0 Å². The maximum atomic E-state index is 4.58. The minimum atomic E-state index is 0.481. The number of hydrogen-bond donors (Lipinski definition) is 0. The highest BCUT2D eigenvalue weighted by molar-refractivity contribution is 5.46. The maximum absolute atomic E-state index is 4.58. The SMILES string of the molecule is Cc1cc(N(C)C2CCN(c3ccc4nncn4n3)CC2)ncn1. The van der Waals surface area contributed by atoms with Crippen LogP contribution in [0.2, 0.25) is 0 Å². The van der Waals surface area contributed by atoms with Crippen molar-refractivity contribution in [2.75, 3.05) is 29.9 Å². The Kier molecular flexibility index (Phi) is 3.72. The van der Waals surface area contributed by atoms with Crippen molar-refractivity contribution in [2.45, 2.75) is 25.8 Å². The minimum Gasteiger partial charge on any atom is -0.356 e. The number of hydrogen-bond acceptors (Lipinski definition) is 7. The third-order valence-electron chi connectivity index (χ3n) is 4.63. The van der Waals surface area contributed by atoms with Gasteiger partial charge < -0.3 is 9.80 Å². The summed E-state index contributed by atoms with van der Waals surface area (Å²) in [6.45, 7) is 3.94. The molecule has 0 radical (unpaired) electrons. The molecule has 1 fully saturated rings. The number of anilines is 2. The molecular weight excluding hydrogens is 304 g/mol. The van der Waals surface area contributed by atoms with Gasteiger partial charge in [-0.2, -0.15) is 4.52 Å². The van der Waals surface area contributed by atoms with Crippen molar-refractivity contribution in [2.24, 2.45) is 0 Å².